The SMILES string of the molecule is O=C(N/C(=N\C1CC(C(F)(F)F)NN1C1CCCC(Cl)C1)NC1CCCC(Cl)C1F)C1CCC(F)C(F)C1. The Morgan fingerprint density at radius 3 is 2.34 bits per heavy atom. The number of amides is 1. The van der Waals surface area contributed by atoms with Crippen molar-refractivity contribution in [1.29, 1.82) is 0 Å². The molecule has 1 saturated heterocycles. The van der Waals surface area contributed by atoms with Crippen LogP contribution in [0, 0.1) is 5.92 Å². The molecule has 1 aliphatic heterocycles. The normalized spacial score (nSPS) is 41.6. The van der Waals surface area contributed by atoms with Gasteiger partial charge in [0.05, 0.1) is 11.4 Å². The van der Waals surface area contributed by atoms with Crippen LogP contribution in [0.1, 0.15) is 70.6 Å². The van der Waals surface area contributed by atoms with Crippen molar-refractivity contribution in [1.82, 2.24) is 21.1 Å². The summed E-state index contributed by atoms with van der Waals surface area (Å²) in [5.41, 5.74) is 2.54. The van der Waals surface area contributed by atoms with Crippen molar-refractivity contribution in [3.63, 3.8) is 0 Å². The van der Waals surface area contributed by atoms with Gasteiger partial charge in [0.25, 0.3) is 0 Å². The Kier molecular flexibility index (Phi) is 10.0. The Bertz CT molecular complexity index is 854. The van der Waals surface area contributed by atoms with E-state index in [1.165, 1.54) is 5.01 Å². The zero-order valence-electron chi connectivity index (χ0n) is 20.9. The average Bonchev–Trinajstić information content (AvgIpc) is 3.28. The van der Waals surface area contributed by atoms with Crippen LogP contribution in [0.5, 0.6) is 0 Å². The third-order valence-corrected chi connectivity index (χ3v) is 8.93. The molecule has 1 amide bonds. The van der Waals surface area contributed by atoms with Gasteiger partial charge in [0.15, 0.2) is 5.96 Å². The van der Waals surface area contributed by atoms with Crippen molar-refractivity contribution in [3.05, 3.63) is 0 Å². The third-order valence-electron chi connectivity index (χ3n) is 8.07. The Labute approximate surface area is 228 Å². The summed E-state index contributed by atoms with van der Waals surface area (Å²) < 4.78 is 83.6. The third kappa shape index (κ3) is 7.40. The van der Waals surface area contributed by atoms with Crippen molar-refractivity contribution < 1.29 is 31.1 Å². The summed E-state index contributed by atoms with van der Waals surface area (Å²) in [6.07, 6.45) is -7.12. The number of nitrogens with zero attached hydrogens (tertiary/aromatic N) is 2. The molecular weight excluding hydrogens is 559 g/mol. The van der Waals surface area contributed by atoms with Gasteiger partial charge in [0.2, 0.25) is 5.91 Å². The Hall–Kier alpha value is -0.980. The van der Waals surface area contributed by atoms with Crippen LogP contribution >= 0.6 is 23.2 Å². The topological polar surface area (TPSA) is 68.8 Å². The Morgan fingerprint density at radius 1 is 0.921 bits per heavy atom. The van der Waals surface area contributed by atoms with E-state index in [1.807, 2.05) is 0 Å². The molecule has 4 fully saturated rings. The van der Waals surface area contributed by atoms with Crippen LogP contribution in [0.4, 0.5) is 26.3 Å². The lowest BCUT2D eigenvalue weighted by Crippen LogP contribution is -2.55. The van der Waals surface area contributed by atoms with Gasteiger partial charge in [-0.05, 0) is 57.8 Å². The monoisotopic (exact) mass is 593 g/mol. The zero-order chi connectivity index (χ0) is 27.6. The largest absolute Gasteiger partial charge is 0.405 e. The second-order valence-corrected chi connectivity index (χ2v) is 12.1. The van der Waals surface area contributed by atoms with E-state index in [0.717, 1.165) is 12.8 Å². The van der Waals surface area contributed by atoms with Crippen LogP contribution in [0.2, 0.25) is 0 Å². The highest BCUT2D eigenvalue weighted by Gasteiger charge is 2.50. The van der Waals surface area contributed by atoms with Gasteiger partial charge < -0.3 is 5.32 Å². The number of nitrogens with one attached hydrogen (secondary N) is 3. The minimum absolute atomic E-state index is 0.114. The Balaban J connectivity index is 1.58. The number of hydrogen-bond acceptors (Lipinski definition) is 4. The van der Waals surface area contributed by atoms with Crippen LogP contribution < -0.4 is 16.1 Å². The van der Waals surface area contributed by atoms with E-state index in [2.05, 4.69) is 21.1 Å². The highest BCUT2D eigenvalue weighted by Crippen LogP contribution is 2.35. The van der Waals surface area contributed by atoms with Crippen molar-refractivity contribution in [2.75, 3.05) is 0 Å². The molecule has 3 aliphatic carbocycles. The number of guanidine groups is 1. The first kappa shape index (κ1) is 30.0. The van der Waals surface area contributed by atoms with Gasteiger partial charge >= 0.3 is 6.18 Å². The maximum Gasteiger partial charge on any atom is 0.405 e. The first-order chi connectivity index (χ1) is 17.9. The number of aliphatic imine (C=N–C) groups is 1. The van der Waals surface area contributed by atoms with E-state index in [0.29, 0.717) is 32.1 Å². The molecule has 0 spiro atoms. The molecule has 14 heteroatoms. The molecule has 1 heterocycles. The van der Waals surface area contributed by atoms with Crippen LogP contribution in [0.25, 0.3) is 0 Å². The van der Waals surface area contributed by atoms with E-state index >= 15 is 0 Å². The number of halogens is 8. The highest BCUT2D eigenvalue weighted by molar-refractivity contribution is 6.21. The molecule has 4 rings (SSSR count). The van der Waals surface area contributed by atoms with E-state index in [9.17, 15) is 31.1 Å². The van der Waals surface area contributed by atoms with E-state index in [-0.39, 0.29) is 36.6 Å². The minimum Gasteiger partial charge on any atom is -0.350 e. The molecule has 6 nitrogen and oxygen atoms in total. The van der Waals surface area contributed by atoms with Gasteiger partial charge in [0, 0.05) is 23.8 Å². The van der Waals surface area contributed by atoms with Crippen molar-refractivity contribution >= 4 is 35.1 Å². The molecule has 10 atom stereocenters. The van der Waals surface area contributed by atoms with E-state index in [1.54, 1.807) is 0 Å². The van der Waals surface area contributed by atoms with Crippen LogP contribution in [0.15, 0.2) is 4.99 Å². The van der Waals surface area contributed by atoms with Crippen LogP contribution in [-0.4, -0.2) is 76.6 Å². The molecule has 3 saturated carbocycles. The molecule has 4 aliphatic rings. The summed E-state index contributed by atoms with van der Waals surface area (Å²) >= 11 is 12.4. The van der Waals surface area contributed by atoms with Gasteiger partial charge in [-0.3, -0.25) is 10.1 Å². The summed E-state index contributed by atoms with van der Waals surface area (Å²) in [4.78, 5) is 17.5. The number of alkyl halides is 8. The summed E-state index contributed by atoms with van der Waals surface area (Å²) in [5.74, 6) is -1.67. The predicted molar refractivity (Wildman–Crippen MR) is 133 cm³/mol. The van der Waals surface area contributed by atoms with Gasteiger partial charge in [-0.2, -0.15) is 13.2 Å². The second-order valence-electron chi connectivity index (χ2n) is 10.9. The second kappa shape index (κ2) is 12.7. The van der Waals surface area contributed by atoms with Crippen LogP contribution in [0.3, 0.4) is 0 Å². The molecule has 10 unspecified atom stereocenters. The molecule has 0 aromatic heterocycles. The summed E-state index contributed by atoms with van der Waals surface area (Å²) in [5, 5.41) is 5.93. The lowest BCUT2D eigenvalue weighted by atomic mass is 9.86. The number of hydrogen-bond donors (Lipinski definition) is 3. The molecule has 218 valence electrons. The van der Waals surface area contributed by atoms with Crippen molar-refractivity contribution in [2.24, 2.45) is 10.9 Å². The first-order valence-electron chi connectivity index (χ1n) is 13.4. The molecule has 38 heavy (non-hydrogen) atoms. The predicted octanol–water partition coefficient (Wildman–Crippen LogP) is 5.04. The average molecular weight is 594 g/mol. The quantitative estimate of drug-likeness (QED) is 0.185. The van der Waals surface area contributed by atoms with Gasteiger partial charge in [-0.15, -0.1) is 23.2 Å². The lowest BCUT2D eigenvalue weighted by Gasteiger charge is -2.36. The van der Waals surface area contributed by atoms with Crippen molar-refractivity contribution in [2.45, 2.75) is 130 Å². The standard InChI is InChI=1S/C24H35Cl2F6N5O/c25-13-3-1-4-14(10-13)37-20(11-19(36-37)24(30,31)32)34-23(33-18-6-2-5-15(26)21(18)29)35-22(38)12-7-8-16(27)17(28)9-12/h12-21,36H,1-11H2,(H2,33,34,35,38). The maximum absolute atomic E-state index is 14.9. The molecule has 0 bridgehead atoms. The van der Waals surface area contributed by atoms with Gasteiger partial charge in [-0.1, -0.05) is 6.42 Å². The number of hydrazine groups is 1. The number of carbonyl (C=O) groups is 1. The van der Waals surface area contributed by atoms with Crippen LogP contribution in [-0.2, 0) is 4.79 Å². The van der Waals surface area contributed by atoms with E-state index in [4.69, 9.17) is 23.2 Å². The molecule has 0 aromatic rings. The molecular formula is C24H35Cl2F6N5O. The zero-order valence-corrected chi connectivity index (χ0v) is 22.4. The Morgan fingerprint density at radius 2 is 1.66 bits per heavy atom. The lowest BCUT2D eigenvalue weighted by molar-refractivity contribution is -0.158. The first-order valence-corrected chi connectivity index (χ1v) is 14.3. The molecule has 0 aromatic carbocycles. The highest BCUT2D eigenvalue weighted by atomic mass is 35.5. The fourth-order valence-electron chi connectivity index (χ4n) is 5.89. The minimum atomic E-state index is -4.53. The molecule has 3 N–H and O–H groups in total. The van der Waals surface area contributed by atoms with Gasteiger partial charge in [0.1, 0.15) is 30.7 Å². The number of carbonyl (C=O) groups excluding carboxylic acids is 1. The fourth-order valence-corrected chi connectivity index (χ4v) is 6.58. The van der Waals surface area contributed by atoms with E-state index < -0.39 is 66.6 Å². The maximum atomic E-state index is 14.9. The number of rotatable bonds is 4. The summed E-state index contributed by atoms with van der Waals surface area (Å²) in [6.45, 7) is 0. The summed E-state index contributed by atoms with van der Waals surface area (Å²) in [6, 6.07) is -2.98. The fraction of sp³-hybridized carbons (Fsp3) is 0.917. The smallest absolute Gasteiger partial charge is 0.350 e. The van der Waals surface area contributed by atoms with Crippen molar-refractivity contribution in [3.8, 4) is 0 Å². The molecule has 0 radical (unpaired) electrons. The summed E-state index contributed by atoms with van der Waals surface area (Å²) in [7, 11) is 0. The van der Waals surface area contributed by atoms with Gasteiger partial charge in [-0.25, -0.2) is 28.6 Å².